The van der Waals surface area contributed by atoms with Crippen LogP contribution in [-0.2, 0) is 0 Å². The molecule has 0 radical (unpaired) electrons. The standard InChI is InChI=1S/C14H17NS2/c1-10(11(2)15-3)7-13-8-12(9-17-13)14-5-4-6-16-14/h4-9,11,15H,1-3H3/b10-7+. The monoisotopic (exact) mass is 263 g/mol. The normalized spacial score (nSPS) is 13.9. The molecule has 1 atom stereocenters. The first kappa shape index (κ1) is 12.6. The molecule has 1 nitrogen and oxygen atoms in total. The van der Waals surface area contributed by atoms with E-state index in [2.05, 4.69) is 54.2 Å². The van der Waals surface area contributed by atoms with Crippen molar-refractivity contribution in [2.24, 2.45) is 0 Å². The molecule has 1 unspecified atom stereocenters. The van der Waals surface area contributed by atoms with Crippen LogP contribution in [-0.4, -0.2) is 13.1 Å². The maximum absolute atomic E-state index is 3.26. The third-order valence-electron chi connectivity index (χ3n) is 2.91. The molecule has 0 aliphatic heterocycles. The van der Waals surface area contributed by atoms with Crippen LogP contribution < -0.4 is 5.32 Å². The molecule has 2 rings (SSSR count). The molecule has 0 saturated carbocycles. The van der Waals surface area contributed by atoms with Crippen molar-refractivity contribution < 1.29 is 0 Å². The quantitative estimate of drug-likeness (QED) is 0.857. The number of nitrogens with one attached hydrogen (secondary N) is 1. The Labute approximate surface area is 111 Å². The summed E-state index contributed by atoms with van der Waals surface area (Å²) in [6.45, 7) is 4.35. The van der Waals surface area contributed by atoms with E-state index in [9.17, 15) is 0 Å². The molecule has 1 N–H and O–H groups in total. The molecule has 0 saturated heterocycles. The second kappa shape index (κ2) is 5.63. The van der Waals surface area contributed by atoms with Gasteiger partial charge in [0.05, 0.1) is 0 Å². The maximum atomic E-state index is 3.26. The molecule has 0 aliphatic rings. The average Bonchev–Trinajstić information content (AvgIpc) is 2.97. The first-order valence-electron chi connectivity index (χ1n) is 5.68. The Hall–Kier alpha value is -0.900. The summed E-state index contributed by atoms with van der Waals surface area (Å²) in [4.78, 5) is 2.67. The molecule has 90 valence electrons. The summed E-state index contributed by atoms with van der Waals surface area (Å²) < 4.78 is 0. The summed E-state index contributed by atoms with van der Waals surface area (Å²) in [6.07, 6.45) is 2.27. The van der Waals surface area contributed by atoms with Crippen LogP contribution in [0.15, 0.2) is 34.5 Å². The summed E-state index contributed by atoms with van der Waals surface area (Å²) >= 11 is 3.60. The smallest absolute Gasteiger partial charge is 0.0351 e. The van der Waals surface area contributed by atoms with Crippen molar-refractivity contribution in [2.45, 2.75) is 19.9 Å². The van der Waals surface area contributed by atoms with Gasteiger partial charge in [-0.2, -0.15) is 0 Å². The molecule has 0 bridgehead atoms. The molecule has 0 fully saturated rings. The van der Waals surface area contributed by atoms with E-state index in [4.69, 9.17) is 0 Å². The number of hydrogen-bond donors (Lipinski definition) is 1. The topological polar surface area (TPSA) is 12.0 Å². The highest BCUT2D eigenvalue weighted by molar-refractivity contribution is 7.15. The highest BCUT2D eigenvalue weighted by Crippen LogP contribution is 2.30. The Kier molecular flexibility index (Phi) is 4.15. The van der Waals surface area contributed by atoms with Gasteiger partial charge in [0, 0.05) is 21.4 Å². The lowest BCUT2D eigenvalue weighted by Crippen LogP contribution is -2.21. The lowest BCUT2D eigenvalue weighted by Gasteiger charge is -2.09. The second-order valence-electron chi connectivity index (χ2n) is 4.11. The fourth-order valence-corrected chi connectivity index (χ4v) is 3.27. The van der Waals surface area contributed by atoms with Gasteiger partial charge in [0.25, 0.3) is 0 Å². The van der Waals surface area contributed by atoms with Gasteiger partial charge in [0.2, 0.25) is 0 Å². The van der Waals surface area contributed by atoms with Crippen LogP contribution in [0.3, 0.4) is 0 Å². The van der Waals surface area contributed by atoms with Crippen LogP contribution in [0.1, 0.15) is 18.7 Å². The van der Waals surface area contributed by atoms with E-state index in [1.165, 1.54) is 20.9 Å². The number of likely N-dealkylation sites (N-methyl/N-ethyl adjacent to an activating group) is 1. The lowest BCUT2D eigenvalue weighted by atomic mass is 10.1. The van der Waals surface area contributed by atoms with Crippen LogP contribution >= 0.6 is 22.7 Å². The van der Waals surface area contributed by atoms with Gasteiger partial charge in [-0.15, -0.1) is 22.7 Å². The summed E-state index contributed by atoms with van der Waals surface area (Å²) in [5.41, 5.74) is 2.70. The molecule has 2 heterocycles. The SMILES string of the molecule is CNC(C)/C(C)=C/c1cc(-c2cccs2)cs1. The van der Waals surface area contributed by atoms with Crippen molar-refractivity contribution in [1.82, 2.24) is 5.32 Å². The first-order chi connectivity index (χ1) is 8.20. The number of rotatable bonds is 4. The summed E-state index contributed by atoms with van der Waals surface area (Å²) in [5, 5.41) is 7.61. The fourth-order valence-electron chi connectivity index (χ4n) is 1.58. The zero-order chi connectivity index (χ0) is 12.3. The molecular weight excluding hydrogens is 246 g/mol. The van der Waals surface area contributed by atoms with Gasteiger partial charge in [0.15, 0.2) is 0 Å². The Morgan fingerprint density at radius 3 is 2.88 bits per heavy atom. The molecule has 2 aromatic rings. The zero-order valence-electron chi connectivity index (χ0n) is 10.4. The van der Waals surface area contributed by atoms with Gasteiger partial charge >= 0.3 is 0 Å². The van der Waals surface area contributed by atoms with Gasteiger partial charge in [0.1, 0.15) is 0 Å². The molecule has 0 aromatic carbocycles. The van der Waals surface area contributed by atoms with E-state index in [-0.39, 0.29) is 0 Å². The third-order valence-corrected chi connectivity index (χ3v) is 4.71. The van der Waals surface area contributed by atoms with Gasteiger partial charge in [-0.25, -0.2) is 0 Å². The minimum absolute atomic E-state index is 0.433. The Bertz CT molecular complexity index is 494. The summed E-state index contributed by atoms with van der Waals surface area (Å²) in [5.74, 6) is 0. The van der Waals surface area contributed by atoms with Crippen LogP contribution in [0.25, 0.3) is 16.5 Å². The fraction of sp³-hybridized carbons (Fsp3) is 0.286. The third kappa shape index (κ3) is 3.06. The largest absolute Gasteiger partial charge is 0.314 e. The zero-order valence-corrected chi connectivity index (χ0v) is 12.0. The van der Waals surface area contributed by atoms with Gasteiger partial charge in [-0.3, -0.25) is 0 Å². The molecule has 0 amide bonds. The Morgan fingerprint density at radius 2 is 2.24 bits per heavy atom. The minimum Gasteiger partial charge on any atom is -0.314 e. The molecule has 3 heteroatoms. The molecule has 17 heavy (non-hydrogen) atoms. The van der Waals surface area contributed by atoms with Crippen molar-refractivity contribution in [3.8, 4) is 10.4 Å². The van der Waals surface area contributed by atoms with Crippen molar-refractivity contribution >= 4 is 28.7 Å². The lowest BCUT2D eigenvalue weighted by molar-refractivity contribution is 0.696. The molecule has 0 spiro atoms. The summed E-state index contributed by atoms with van der Waals surface area (Å²) in [7, 11) is 1.99. The van der Waals surface area contributed by atoms with Crippen molar-refractivity contribution in [3.05, 3.63) is 39.4 Å². The summed E-state index contributed by atoms with van der Waals surface area (Å²) in [6, 6.07) is 6.97. The van der Waals surface area contributed by atoms with E-state index in [0.29, 0.717) is 6.04 Å². The van der Waals surface area contributed by atoms with Crippen molar-refractivity contribution in [2.75, 3.05) is 7.05 Å². The molecular formula is C14H17NS2. The van der Waals surface area contributed by atoms with Crippen molar-refractivity contribution in [1.29, 1.82) is 0 Å². The Morgan fingerprint density at radius 1 is 1.41 bits per heavy atom. The molecule has 2 aromatic heterocycles. The predicted molar refractivity (Wildman–Crippen MR) is 79.8 cm³/mol. The molecule has 0 aliphatic carbocycles. The van der Waals surface area contributed by atoms with Crippen LogP contribution in [0.5, 0.6) is 0 Å². The first-order valence-corrected chi connectivity index (χ1v) is 7.44. The minimum atomic E-state index is 0.433. The van der Waals surface area contributed by atoms with E-state index >= 15 is 0 Å². The van der Waals surface area contributed by atoms with Gasteiger partial charge < -0.3 is 5.32 Å². The van der Waals surface area contributed by atoms with Gasteiger partial charge in [-0.05, 0) is 49.9 Å². The van der Waals surface area contributed by atoms with Crippen LogP contribution in [0.4, 0.5) is 0 Å². The average molecular weight is 263 g/mol. The number of thiophene rings is 2. The predicted octanol–water partition coefficient (Wildman–Crippen LogP) is 4.49. The van der Waals surface area contributed by atoms with Crippen LogP contribution in [0.2, 0.25) is 0 Å². The number of hydrogen-bond acceptors (Lipinski definition) is 3. The van der Waals surface area contributed by atoms with Crippen molar-refractivity contribution in [3.63, 3.8) is 0 Å². The highest BCUT2D eigenvalue weighted by atomic mass is 32.1. The Balaban J connectivity index is 2.19. The van der Waals surface area contributed by atoms with E-state index in [0.717, 1.165) is 0 Å². The van der Waals surface area contributed by atoms with Crippen LogP contribution in [0, 0.1) is 0 Å². The van der Waals surface area contributed by atoms with E-state index in [1.807, 2.05) is 7.05 Å². The van der Waals surface area contributed by atoms with Gasteiger partial charge in [-0.1, -0.05) is 11.6 Å². The van der Waals surface area contributed by atoms with E-state index < -0.39 is 0 Å². The second-order valence-corrected chi connectivity index (χ2v) is 6.00. The highest BCUT2D eigenvalue weighted by Gasteiger charge is 2.04. The van der Waals surface area contributed by atoms with E-state index in [1.54, 1.807) is 22.7 Å². The maximum Gasteiger partial charge on any atom is 0.0351 e.